The minimum absolute atomic E-state index is 0.214. The molecule has 0 radical (unpaired) electrons. The molecule has 0 bridgehead atoms. The second-order valence-electron chi connectivity index (χ2n) is 5.96. The average Bonchev–Trinajstić information content (AvgIpc) is 2.55. The molecule has 1 aromatic rings. The van der Waals surface area contributed by atoms with Crippen molar-refractivity contribution in [3.05, 3.63) is 29.6 Å². The van der Waals surface area contributed by atoms with Crippen LogP contribution in [0.15, 0.2) is 18.3 Å². The maximum absolute atomic E-state index is 12.3. The van der Waals surface area contributed by atoms with Gasteiger partial charge in [-0.25, -0.2) is 4.79 Å². The number of pyridine rings is 1. The minimum Gasteiger partial charge on any atom is -0.478 e. The molecule has 1 aliphatic heterocycles. The molecule has 120 valence electrons. The standard InChI is InChI=1S/C17H24N2O3/c1-2-13(11-16(20)19-8-4-3-5-9-19)10-15-12-14(17(21)22)6-7-18-15/h6-7,12-13H,2-5,8-11H2,1H3,(H,21,22). The summed E-state index contributed by atoms with van der Waals surface area (Å²) in [4.78, 5) is 29.6. The summed E-state index contributed by atoms with van der Waals surface area (Å²) < 4.78 is 0. The van der Waals surface area contributed by atoms with Crippen LogP contribution in [0.2, 0.25) is 0 Å². The Balaban J connectivity index is 1.95. The summed E-state index contributed by atoms with van der Waals surface area (Å²) >= 11 is 0. The van der Waals surface area contributed by atoms with Gasteiger partial charge in [0.25, 0.3) is 0 Å². The smallest absolute Gasteiger partial charge is 0.335 e. The fourth-order valence-corrected chi connectivity index (χ4v) is 2.90. The summed E-state index contributed by atoms with van der Waals surface area (Å²) in [6.45, 7) is 3.82. The molecule has 2 rings (SSSR count). The highest BCUT2D eigenvalue weighted by Crippen LogP contribution is 2.19. The summed E-state index contributed by atoms with van der Waals surface area (Å²) in [5, 5.41) is 9.03. The van der Waals surface area contributed by atoms with E-state index in [4.69, 9.17) is 5.11 Å². The highest BCUT2D eigenvalue weighted by atomic mass is 16.4. The fourth-order valence-electron chi connectivity index (χ4n) is 2.90. The van der Waals surface area contributed by atoms with Gasteiger partial charge < -0.3 is 10.0 Å². The average molecular weight is 304 g/mol. The van der Waals surface area contributed by atoms with Crippen molar-refractivity contribution < 1.29 is 14.7 Å². The van der Waals surface area contributed by atoms with E-state index in [-0.39, 0.29) is 17.4 Å². The van der Waals surface area contributed by atoms with Gasteiger partial charge in [-0.15, -0.1) is 0 Å². The SMILES string of the molecule is CCC(CC(=O)N1CCCCC1)Cc1cc(C(=O)O)ccn1. The van der Waals surface area contributed by atoms with Crippen molar-refractivity contribution in [1.29, 1.82) is 0 Å². The lowest BCUT2D eigenvalue weighted by Gasteiger charge is -2.28. The molecule has 0 aromatic carbocycles. The summed E-state index contributed by atoms with van der Waals surface area (Å²) in [6.07, 6.45) is 7.01. The van der Waals surface area contributed by atoms with Gasteiger partial charge >= 0.3 is 5.97 Å². The number of rotatable bonds is 6. The Morgan fingerprint density at radius 2 is 2.05 bits per heavy atom. The molecule has 1 atom stereocenters. The monoisotopic (exact) mass is 304 g/mol. The molecule has 1 aliphatic rings. The lowest BCUT2D eigenvalue weighted by atomic mass is 9.94. The van der Waals surface area contributed by atoms with Crippen LogP contribution >= 0.6 is 0 Å². The van der Waals surface area contributed by atoms with E-state index in [2.05, 4.69) is 11.9 Å². The molecule has 0 saturated carbocycles. The molecular weight excluding hydrogens is 280 g/mol. The first-order valence-corrected chi connectivity index (χ1v) is 8.06. The molecule has 1 amide bonds. The predicted octanol–water partition coefficient (Wildman–Crippen LogP) is 2.75. The molecule has 0 aliphatic carbocycles. The normalized spacial score (nSPS) is 16.3. The number of carboxylic acids is 1. The molecule has 1 saturated heterocycles. The van der Waals surface area contributed by atoms with Crippen LogP contribution in [0.25, 0.3) is 0 Å². The van der Waals surface area contributed by atoms with E-state index in [0.29, 0.717) is 12.8 Å². The zero-order valence-corrected chi connectivity index (χ0v) is 13.1. The molecule has 2 heterocycles. The number of likely N-dealkylation sites (tertiary alicyclic amines) is 1. The van der Waals surface area contributed by atoms with Crippen LogP contribution in [0.3, 0.4) is 0 Å². The largest absolute Gasteiger partial charge is 0.478 e. The Morgan fingerprint density at radius 3 is 2.68 bits per heavy atom. The first-order chi connectivity index (χ1) is 10.6. The second kappa shape index (κ2) is 7.92. The Bertz CT molecular complexity index is 524. The summed E-state index contributed by atoms with van der Waals surface area (Å²) in [6, 6.07) is 3.10. The van der Waals surface area contributed by atoms with Crippen molar-refractivity contribution in [2.75, 3.05) is 13.1 Å². The van der Waals surface area contributed by atoms with Crippen molar-refractivity contribution in [1.82, 2.24) is 9.88 Å². The number of aromatic carboxylic acids is 1. The van der Waals surface area contributed by atoms with Gasteiger partial charge in [0.05, 0.1) is 5.56 Å². The van der Waals surface area contributed by atoms with E-state index in [9.17, 15) is 9.59 Å². The van der Waals surface area contributed by atoms with Gasteiger partial charge in [-0.1, -0.05) is 13.3 Å². The van der Waals surface area contributed by atoms with Crippen LogP contribution in [0, 0.1) is 5.92 Å². The molecule has 5 nitrogen and oxygen atoms in total. The van der Waals surface area contributed by atoms with Crippen molar-refractivity contribution in [3.8, 4) is 0 Å². The van der Waals surface area contributed by atoms with Gasteiger partial charge in [0.15, 0.2) is 0 Å². The Kier molecular flexibility index (Phi) is 5.92. The Labute approximate surface area is 131 Å². The second-order valence-corrected chi connectivity index (χ2v) is 5.96. The lowest BCUT2D eigenvalue weighted by Crippen LogP contribution is -2.36. The van der Waals surface area contributed by atoms with E-state index in [1.165, 1.54) is 18.7 Å². The fraction of sp³-hybridized carbons (Fsp3) is 0.588. The van der Waals surface area contributed by atoms with Gasteiger partial charge in [-0.2, -0.15) is 0 Å². The van der Waals surface area contributed by atoms with Crippen LogP contribution in [-0.2, 0) is 11.2 Å². The Hall–Kier alpha value is -1.91. The summed E-state index contributed by atoms with van der Waals surface area (Å²) in [7, 11) is 0. The van der Waals surface area contributed by atoms with E-state index in [1.54, 1.807) is 6.07 Å². The van der Waals surface area contributed by atoms with E-state index in [0.717, 1.165) is 38.0 Å². The van der Waals surface area contributed by atoms with Gasteiger partial charge in [-0.05, 0) is 43.7 Å². The number of hydrogen-bond acceptors (Lipinski definition) is 3. The number of amides is 1. The number of carbonyl (C=O) groups is 2. The molecule has 1 fully saturated rings. The first kappa shape index (κ1) is 16.5. The summed E-state index contributed by atoms with van der Waals surface area (Å²) in [5.41, 5.74) is 1.00. The number of piperidine rings is 1. The maximum Gasteiger partial charge on any atom is 0.335 e. The molecule has 5 heteroatoms. The van der Waals surface area contributed by atoms with Gasteiger partial charge in [0.1, 0.15) is 0 Å². The quantitative estimate of drug-likeness (QED) is 0.877. The summed E-state index contributed by atoms with van der Waals surface area (Å²) in [5.74, 6) is -0.506. The van der Waals surface area contributed by atoms with Crippen molar-refractivity contribution in [2.45, 2.75) is 45.4 Å². The van der Waals surface area contributed by atoms with Crippen LogP contribution in [0.1, 0.15) is 55.1 Å². The first-order valence-electron chi connectivity index (χ1n) is 8.06. The number of carboxylic acid groups (broad SMARTS) is 1. The van der Waals surface area contributed by atoms with E-state index in [1.807, 2.05) is 4.90 Å². The van der Waals surface area contributed by atoms with Crippen LogP contribution in [0.4, 0.5) is 0 Å². The minimum atomic E-state index is -0.943. The van der Waals surface area contributed by atoms with Gasteiger partial charge in [0.2, 0.25) is 5.91 Å². The predicted molar refractivity (Wildman–Crippen MR) is 83.7 cm³/mol. The van der Waals surface area contributed by atoms with Gasteiger partial charge in [-0.3, -0.25) is 9.78 Å². The van der Waals surface area contributed by atoms with Gasteiger partial charge in [0, 0.05) is 31.4 Å². The van der Waals surface area contributed by atoms with Crippen molar-refractivity contribution in [3.63, 3.8) is 0 Å². The number of aromatic nitrogens is 1. The molecule has 1 aromatic heterocycles. The number of carbonyl (C=O) groups excluding carboxylic acids is 1. The number of hydrogen-bond donors (Lipinski definition) is 1. The third-order valence-corrected chi connectivity index (χ3v) is 4.31. The molecule has 0 spiro atoms. The highest BCUT2D eigenvalue weighted by molar-refractivity contribution is 5.87. The third-order valence-electron chi connectivity index (χ3n) is 4.31. The van der Waals surface area contributed by atoms with Crippen LogP contribution in [-0.4, -0.2) is 40.0 Å². The topological polar surface area (TPSA) is 70.5 Å². The van der Waals surface area contributed by atoms with Crippen molar-refractivity contribution in [2.24, 2.45) is 5.92 Å². The van der Waals surface area contributed by atoms with Crippen LogP contribution < -0.4 is 0 Å². The van der Waals surface area contributed by atoms with E-state index >= 15 is 0 Å². The molecule has 1 N–H and O–H groups in total. The lowest BCUT2D eigenvalue weighted by molar-refractivity contribution is -0.133. The van der Waals surface area contributed by atoms with E-state index < -0.39 is 5.97 Å². The molecular formula is C17H24N2O3. The zero-order chi connectivity index (χ0) is 15.9. The molecule has 1 unspecified atom stereocenters. The Morgan fingerprint density at radius 1 is 1.32 bits per heavy atom. The zero-order valence-electron chi connectivity index (χ0n) is 13.1. The number of nitrogens with zero attached hydrogens (tertiary/aromatic N) is 2. The van der Waals surface area contributed by atoms with Crippen LogP contribution in [0.5, 0.6) is 0 Å². The molecule has 22 heavy (non-hydrogen) atoms. The maximum atomic E-state index is 12.3. The van der Waals surface area contributed by atoms with Crippen molar-refractivity contribution >= 4 is 11.9 Å². The highest BCUT2D eigenvalue weighted by Gasteiger charge is 2.20. The third kappa shape index (κ3) is 4.55.